The van der Waals surface area contributed by atoms with Crippen molar-refractivity contribution in [1.82, 2.24) is 0 Å². The molecule has 0 bridgehead atoms. The molecule has 3 nitrogen and oxygen atoms in total. The SMILES string of the molecule is C[N+](=O)c1ccc2c(c1)SCCN2CCCCl. The van der Waals surface area contributed by atoms with E-state index in [1.165, 1.54) is 17.6 Å². The lowest BCUT2D eigenvalue weighted by Crippen LogP contribution is -2.30. The van der Waals surface area contributed by atoms with Crippen LogP contribution in [0, 0.1) is 4.91 Å². The topological polar surface area (TPSA) is 23.3 Å². The highest BCUT2D eigenvalue weighted by Crippen LogP contribution is 2.37. The quantitative estimate of drug-likeness (QED) is 0.620. The number of hydrogen-bond acceptors (Lipinski definition) is 3. The van der Waals surface area contributed by atoms with Gasteiger partial charge in [-0.25, -0.2) is 0 Å². The Hall–Kier alpha value is -0.740. The number of nitrogens with zero attached hydrogens (tertiary/aromatic N) is 2. The average Bonchev–Trinajstić information content (AvgIpc) is 2.35. The van der Waals surface area contributed by atoms with Crippen LogP contribution in [0.4, 0.5) is 11.4 Å². The Labute approximate surface area is 111 Å². The predicted molar refractivity (Wildman–Crippen MR) is 73.9 cm³/mol. The minimum Gasteiger partial charge on any atom is -0.370 e. The van der Waals surface area contributed by atoms with Crippen LogP contribution in [0.3, 0.4) is 0 Å². The number of anilines is 1. The number of hydrogen-bond donors (Lipinski definition) is 0. The van der Waals surface area contributed by atoms with E-state index in [2.05, 4.69) is 4.90 Å². The lowest BCUT2D eigenvalue weighted by Gasteiger charge is -2.30. The van der Waals surface area contributed by atoms with E-state index in [1.54, 1.807) is 0 Å². The second-order valence-electron chi connectivity index (χ2n) is 4.03. The summed E-state index contributed by atoms with van der Waals surface area (Å²) >= 11 is 7.55. The van der Waals surface area contributed by atoms with Crippen molar-refractivity contribution in [1.29, 1.82) is 0 Å². The molecule has 0 amide bonds. The van der Waals surface area contributed by atoms with Crippen molar-refractivity contribution in [3.05, 3.63) is 23.1 Å². The van der Waals surface area contributed by atoms with Gasteiger partial charge in [0.15, 0.2) is 7.05 Å². The lowest BCUT2D eigenvalue weighted by molar-refractivity contribution is -0.428. The molecule has 0 N–H and O–H groups in total. The Kier molecular flexibility index (Phi) is 4.29. The van der Waals surface area contributed by atoms with Crippen LogP contribution >= 0.6 is 23.4 Å². The van der Waals surface area contributed by atoms with Crippen molar-refractivity contribution < 1.29 is 4.76 Å². The lowest BCUT2D eigenvalue weighted by atomic mass is 10.2. The molecule has 1 aliphatic heterocycles. The van der Waals surface area contributed by atoms with E-state index in [0.29, 0.717) is 5.88 Å². The van der Waals surface area contributed by atoms with Crippen LogP contribution in [0.5, 0.6) is 0 Å². The normalized spacial score (nSPS) is 14.6. The molecule has 1 aliphatic rings. The summed E-state index contributed by atoms with van der Waals surface area (Å²) in [6.45, 7) is 2.05. The Morgan fingerprint density at radius 2 is 2.35 bits per heavy atom. The highest BCUT2D eigenvalue weighted by Gasteiger charge is 2.19. The first-order valence-electron chi connectivity index (χ1n) is 5.71. The van der Waals surface area contributed by atoms with Gasteiger partial charge in [-0.2, -0.15) is 0 Å². The fraction of sp³-hybridized carbons (Fsp3) is 0.500. The number of alkyl halides is 1. The van der Waals surface area contributed by atoms with E-state index in [9.17, 15) is 4.91 Å². The van der Waals surface area contributed by atoms with Gasteiger partial charge < -0.3 is 4.90 Å². The molecule has 0 aromatic heterocycles. The van der Waals surface area contributed by atoms with E-state index in [0.717, 1.165) is 35.7 Å². The Bertz CT molecular complexity index is 425. The molecule has 1 aromatic carbocycles. The van der Waals surface area contributed by atoms with Gasteiger partial charge >= 0.3 is 0 Å². The van der Waals surface area contributed by atoms with Crippen molar-refractivity contribution in [3.8, 4) is 0 Å². The standard InChI is InChI=1S/C12H16ClN2OS/c1-14(16)10-3-4-11-12(9-10)17-8-7-15(11)6-2-5-13/h3-4,9H,2,5-8H2,1H3/q+1. The smallest absolute Gasteiger partial charge is 0.256 e. The number of halogens is 1. The Morgan fingerprint density at radius 1 is 1.53 bits per heavy atom. The highest BCUT2D eigenvalue weighted by atomic mass is 35.5. The number of fused-ring (bicyclic) bond motifs is 1. The van der Waals surface area contributed by atoms with Crippen molar-refractivity contribution in [2.24, 2.45) is 0 Å². The van der Waals surface area contributed by atoms with Crippen LogP contribution in [-0.4, -0.2) is 36.5 Å². The van der Waals surface area contributed by atoms with Gasteiger partial charge in [-0.1, -0.05) is 0 Å². The van der Waals surface area contributed by atoms with Crippen molar-refractivity contribution in [3.63, 3.8) is 0 Å². The van der Waals surface area contributed by atoms with E-state index in [-0.39, 0.29) is 0 Å². The monoisotopic (exact) mass is 271 g/mol. The number of nitroso groups, excluding NO2 is 1. The minimum absolute atomic E-state index is 0.695. The molecule has 0 saturated heterocycles. The Balaban J connectivity index is 2.23. The number of benzene rings is 1. The van der Waals surface area contributed by atoms with Crippen LogP contribution in [0.15, 0.2) is 23.1 Å². The van der Waals surface area contributed by atoms with E-state index < -0.39 is 0 Å². The first kappa shape index (κ1) is 12.7. The summed E-state index contributed by atoms with van der Waals surface area (Å²) < 4.78 is 0.901. The molecule has 0 fully saturated rings. The molecule has 0 radical (unpaired) electrons. The fourth-order valence-corrected chi connectivity index (χ4v) is 3.14. The van der Waals surface area contributed by atoms with Crippen LogP contribution < -0.4 is 4.90 Å². The summed E-state index contributed by atoms with van der Waals surface area (Å²) in [5.74, 6) is 1.77. The van der Waals surface area contributed by atoms with Gasteiger partial charge in [0, 0.05) is 51.4 Å². The van der Waals surface area contributed by atoms with E-state index in [4.69, 9.17) is 11.6 Å². The largest absolute Gasteiger partial charge is 0.370 e. The molecule has 0 spiro atoms. The second kappa shape index (κ2) is 5.74. The molecule has 17 heavy (non-hydrogen) atoms. The highest BCUT2D eigenvalue weighted by molar-refractivity contribution is 7.99. The first-order valence-corrected chi connectivity index (χ1v) is 7.23. The maximum Gasteiger partial charge on any atom is 0.256 e. The van der Waals surface area contributed by atoms with Crippen molar-refractivity contribution in [2.45, 2.75) is 11.3 Å². The summed E-state index contributed by atoms with van der Waals surface area (Å²) in [7, 11) is 1.53. The van der Waals surface area contributed by atoms with Gasteiger partial charge in [0.05, 0.1) is 5.69 Å². The van der Waals surface area contributed by atoms with Crippen molar-refractivity contribution >= 4 is 34.7 Å². The molecule has 0 saturated carbocycles. The fourth-order valence-electron chi connectivity index (χ4n) is 1.94. The Morgan fingerprint density at radius 3 is 3.06 bits per heavy atom. The zero-order valence-electron chi connectivity index (χ0n) is 9.86. The zero-order chi connectivity index (χ0) is 12.3. The molecular weight excluding hydrogens is 256 g/mol. The maximum absolute atomic E-state index is 11.3. The van der Waals surface area contributed by atoms with Gasteiger partial charge in [0.2, 0.25) is 0 Å². The third-order valence-electron chi connectivity index (χ3n) is 2.83. The van der Waals surface area contributed by atoms with Crippen LogP contribution in [-0.2, 0) is 0 Å². The number of thioether (sulfide) groups is 1. The molecule has 0 unspecified atom stereocenters. The average molecular weight is 272 g/mol. The van der Waals surface area contributed by atoms with Gasteiger partial charge in [-0.05, 0) is 12.5 Å². The minimum atomic E-state index is 0.695. The summed E-state index contributed by atoms with van der Waals surface area (Å²) in [5.41, 5.74) is 1.95. The molecule has 5 heteroatoms. The molecule has 1 aromatic rings. The van der Waals surface area contributed by atoms with Crippen LogP contribution in [0.25, 0.3) is 0 Å². The van der Waals surface area contributed by atoms with Gasteiger partial charge in [-0.3, -0.25) is 0 Å². The summed E-state index contributed by atoms with van der Waals surface area (Å²) in [6, 6.07) is 5.89. The van der Waals surface area contributed by atoms with Gasteiger partial charge in [-0.15, -0.1) is 23.4 Å². The number of rotatable bonds is 4. The van der Waals surface area contributed by atoms with Gasteiger partial charge in [0.1, 0.15) is 0 Å². The summed E-state index contributed by atoms with van der Waals surface area (Å²) in [4.78, 5) is 14.8. The van der Waals surface area contributed by atoms with Crippen LogP contribution in [0.2, 0.25) is 0 Å². The molecule has 2 rings (SSSR count). The van der Waals surface area contributed by atoms with Crippen LogP contribution in [0.1, 0.15) is 6.42 Å². The predicted octanol–water partition coefficient (Wildman–Crippen LogP) is 3.27. The summed E-state index contributed by atoms with van der Waals surface area (Å²) in [5, 5.41) is 0. The second-order valence-corrected chi connectivity index (χ2v) is 5.54. The summed E-state index contributed by atoms with van der Waals surface area (Å²) in [6.07, 6.45) is 0.995. The van der Waals surface area contributed by atoms with E-state index >= 15 is 0 Å². The third-order valence-corrected chi connectivity index (χ3v) is 4.12. The molecule has 0 aliphatic carbocycles. The van der Waals surface area contributed by atoms with Crippen molar-refractivity contribution in [2.75, 3.05) is 36.7 Å². The third kappa shape index (κ3) is 2.93. The molecular formula is C12H16ClN2OS+. The molecule has 1 heterocycles. The molecule has 92 valence electrons. The zero-order valence-corrected chi connectivity index (χ0v) is 11.4. The van der Waals surface area contributed by atoms with Gasteiger partial charge in [0.25, 0.3) is 5.69 Å². The molecule has 0 atom stereocenters. The van der Waals surface area contributed by atoms with E-state index in [1.807, 2.05) is 30.0 Å². The maximum atomic E-state index is 11.3. The first-order chi connectivity index (χ1) is 8.22.